The summed E-state index contributed by atoms with van der Waals surface area (Å²) in [6.45, 7) is 3.57. The third-order valence-electron chi connectivity index (χ3n) is 6.70. The maximum absolute atomic E-state index is 14.3. The highest BCUT2D eigenvalue weighted by Gasteiger charge is 2.51. The Morgan fingerprint density at radius 1 is 1.32 bits per heavy atom. The number of piperidine rings is 1. The Kier molecular flexibility index (Phi) is 7.08. The molecule has 9 nitrogen and oxygen atoms in total. The minimum atomic E-state index is -1.33. The number of carbonyl (C=O) groups is 2. The highest BCUT2D eigenvalue weighted by Crippen LogP contribution is 2.36. The predicted molar refractivity (Wildman–Crippen MR) is 123 cm³/mol. The molecule has 1 saturated heterocycles. The number of ether oxygens (including phenoxy) is 1. The number of aliphatic hydroxyl groups excluding tert-OH is 1. The van der Waals surface area contributed by atoms with Crippen molar-refractivity contribution in [2.45, 2.75) is 44.4 Å². The van der Waals surface area contributed by atoms with Crippen LogP contribution in [0.25, 0.3) is 0 Å². The standard InChI is InChI=1S/C24H30FN5O4/c1-15-17(13-26-14-28-15)21(31)29-24(8-9-24)23(33)27-12-16-6-10-30(11-7-16)19-5-3-4-18(25)20(19)22(32)34-2/h3-5,13-14,16,22,32H,6-12H2,1-2H3,(H,27,33)(H,29,31). The van der Waals surface area contributed by atoms with E-state index in [1.807, 2.05) is 4.90 Å². The first kappa shape index (κ1) is 24.0. The number of aryl methyl sites for hydroxylation is 1. The summed E-state index contributed by atoms with van der Waals surface area (Å²) in [4.78, 5) is 35.4. The third-order valence-corrected chi connectivity index (χ3v) is 6.70. The van der Waals surface area contributed by atoms with Crippen LogP contribution in [0.3, 0.4) is 0 Å². The zero-order chi connectivity index (χ0) is 24.3. The summed E-state index contributed by atoms with van der Waals surface area (Å²) in [5.74, 6) is -0.757. The molecule has 0 bridgehead atoms. The quantitative estimate of drug-likeness (QED) is 0.503. The van der Waals surface area contributed by atoms with Crippen LogP contribution in [0.2, 0.25) is 0 Å². The van der Waals surface area contributed by atoms with Crippen molar-refractivity contribution in [2.24, 2.45) is 5.92 Å². The molecule has 1 unspecified atom stereocenters. The molecule has 0 spiro atoms. The molecule has 2 aliphatic rings. The highest BCUT2D eigenvalue weighted by atomic mass is 19.1. The van der Waals surface area contributed by atoms with Gasteiger partial charge in [0.15, 0.2) is 6.29 Å². The largest absolute Gasteiger partial charge is 0.371 e. The van der Waals surface area contributed by atoms with Crippen molar-refractivity contribution < 1.29 is 23.8 Å². The van der Waals surface area contributed by atoms with E-state index in [2.05, 4.69) is 20.6 Å². The molecular weight excluding hydrogens is 441 g/mol. The molecule has 2 aromatic rings. The summed E-state index contributed by atoms with van der Waals surface area (Å²) in [5.41, 5.74) is 0.824. The molecule has 10 heteroatoms. The molecule has 1 saturated carbocycles. The van der Waals surface area contributed by atoms with Crippen molar-refractivity contribution in [3.63, 3.8) is 0 Å². The average Bonchev–Trinajstić information content (AvgIpc) is 3.63. The van der Waals surface area contributed by atoms with Gasteiger partial charge in [-0.3, -0.25) is 9.59 Å². The molecule has 2 heterocycles. The van der Waals surface area contributed by atoms with Gasteiger partial charge in [0.2, 0.25) is 5.91 Å². The van der Waals surface area contributed by atoms with Gasteiger partial charge in [-0.1, -0.05) is 6.07 Å². The number of nitrogens with zero attached hydrogens (tertiary/aromatic N) is 3. The molecule has 2 fully saturated rings. The van der Waals surface area contributed by atoms with Crippen LogP contribution in [-0.2, 0) is 9.53 Å². The summed E-state index contributed by atoms with van der Waals surface area (Å²) in [7, 11) is 1.33. The van der Waals surface area contributed by atoms with Crippen LogP contribution in [0.5, 0.6) is 0 Å². The van der Waals surface area contributed by atoms with Crippen LogP contribution in [0.1, 0.15) is 53.6 Å². The summed E-state index contributed by atoms with van der Waals surface area (Å²) in [5, 5.41) is 15.9. The van der Waals surface area contributed by atoms with Gasteiger partial charge in [0.05, 0.1) is 16.8 Å². The second kappa shape index (κ2) is 10.0. The van der Waals surface area contributed by atoms with Crippen molar-refractivity contribution in [1.29, 1.82) is 0 Å². The lowest BCUT2D eigenvalue weighted by molar-refractivity contribution is -0.124. The van der Waals surface area contributed by atoms with E-state index in [1.165, 1.54) is 25.7 Å². The van der Waals surface area contributed by atoms with Crippen LogP contribution >= 0.6 is 0 Å². The number of halogens is 1. The van der Waals surface area contributed by atoms with E-state index in [1.54, 1.807) is 19.1 Å². The van der Waals surface area contributed by atoms with Gasteiger partial charge in [0.25, 0.3) is 5.91 Å². The minimum Gasteiger partial charge on any atom is -0.371 e. The minimum absolute atomic E-state index is 0.141. The Balaban J connectivity index is 1.29. The fraction of sp³-hybridized carbons (Fsp3) is 0.500. The van der Waals surface area contributed by atoms with E-state index in [4.69, 9.17) is 4.74 Å². The van der Waals surface area contributed by atoms with E-state index in [0.717, 1.165) is 12.8 Å². The number of rotatable bonds is 8. The average molecular weight is 472 g/mol. The number of hydrogen-bond donors (Lipinski definition) is 3. The molecule has 1 aromatic heterocycles. The molecule has 1 aromatic carbocycles. The summed E-state index contributed by atoms with van der Waals surface area (Å²) >= 11 is 0. The zero-order valence-corrected chi connectivity index (χ0v) is 19.4. The zero-order valence-electron chi connectivity index (χ0n) is 19.4. The number of aromatic nitrogens is 2. The van der Waals surface area contributed by atoms with Crippen molar-refractivity contribution in [2.75, 3.05) is 31.6 Å². The molecule has 1 atom stereocenters. The summed E-state index contributed by atoms with van der Waals surface area (Å²) in [6.07, 6.45) is 4.31. The Labute approximate surface area is 197 Å². The van der Waals surface area contributed by atoms with E-state index < -0.39 is 17.6 Å². The molecule has 0 radical (unpaired) electrons. The maximum atomic E-state index is 14.3. The SMILES string of the molecule is COC(O)c1c(F)cccc1N1CCC(CNC(=O)C2(NC(=O)c3cncnc3C)CC2)CC1. The van der Waals surface area contributed by atoms with Gasteiger partial charge in [-0.25, -0.2) is 14.4 Å². The van der Waals surface area contributed by atoms with Crippen LogP contribution in [0.15, 0.2) is 30.7 Å². The molecule has 2 amide bonds. The second-order valence-electron chi connectivity index (χ2n) is 8.96. The fourth-order valence-electron chi connectivity index (χ4n) is 4.38. The summed E-state index contributed by atoms with van der Waals surface area (Å²) in [6, 6.07) is 4.71. The van der Waals surface area contributed by atoms with E-state index in [-0.39, 0.29) is 23.3 Å². The van der Waals surface area contributed by atoms with Gasteiger partial charge in [-0.2, -0.15) is 0 Å². The molecule has 34 heavy (non-hydrogen) atoms. The highest BCUT2D eigenvalue weighted by molar-refractivity contribution is 6.01. The molecule has 182 valence electrons. The molecule has 4 rings (SSSR count). The lowest BCUT2D eigenvalue weighted by Crippen LogP contribution is -2.50. The number of hydrogen-bond acceptors (Lipinski definition) is 7. The smallest absolute Gasteiger partial charge is 0.255 e. The molecule has 1 aliphatic heterocycles. The van der Waals surface area contributed by atoms with E-state index in [9.17, 15) is 19.1 Å². The second-order valence-corrected chi connectivity index (χ2v) is 8.96. The number of carbonyl (C=O) groups excluding carboxylic acids is 2. The van der Waals surface area contributed by atoms with Crippen molar-refractivity contribution in [3.8, 4) is 0 Å². The number of nitrogens with one attached hydrogen (secondary N) is 2. The molecular formula is C24H30FN5O4. The summed E-state index contributed by atoms with van der Waals surface area (Å²) < 4.78 is 19.3. The van der Waals surface area contributed by atoms with Crippen LogP contribution in [-0.4, -0.2) is 59.2 Å². The molecule has 1 aliphatic carbocycles. The number of amides is 2. The number of benzene rings is 1. The maximum Gasteiger partial charge on any atom is 0.255 e. The van der Waals surface area contributed by atoms with Gasteiger partial charge < -0.3 is 25.4 Å². The normalized spacial score (nSPS) is 18.3. The number of anilines is 1. The van der Waals surface area contributed by atoms with Gasteiger partial charge in [-0.15, -0.1) is 0 Å². The first-order chi connectivity index (χ1) is 16.3. The monoisotopic (exact) mass is 471 g/mol. The Hall–Kier alpha value is -3.11. The van der Waals surface area contributed by atoms with Crippen molar-refractivity contribution >= 4 is 17.5 Å². The lowest BCUT2D eigenvalue weighted by Gasteiger charge is -2.35. The number of aliphatic hydroxyl groups is 1. The van der Waals surface area contributed by atoms with Gasteiger partial charge in [-0.05, 0) is 50.7 Å². The van der Waals surface area contributed by atoms with Crippen molar-refractivity contribution in [1.82, 2.24) is 20.6 Å². The van der Waals surface area contributed by atoms with Crippen molar-refractivity contribution in [3.05, 3.63) is 53.4 Å². The van der Waals surface area contributed by atoms with Crippen LogP contribution in [0, 0.1) is 18.7 Å². The number of methoxy groups -OCH3 is 1. The van der Waals surface area contributed by atoms with Gasteiger partial charge in [0.1, 0.15) is 17.7 Å². The Bertz CT molecular complexity index is 1050. The lowest BCUT2D eigenvalue weighted by atomic mass is 9.95. The third kappa shape index (κ3) is 5.02. The fourth-order valence-corrected chi connectivity index (χ4v) is 4.38. The molecule has 3 N–H and O–H groups in total. The van der Waals surface area contributed by atoms with Gasteiger partial charge >= 0.3 is 0 Å². The Morgan fingerprint density at radius 3 is 2.71 bits per heavy atom. The Morgan fingerprint density at radius 2 is 2.06 bits per heavy atom. The van der Waals surface area contributed by atoms with Crippen LogP contribution < -0.4 is 15.5 Å². The van der Waals surface area contributed by atoms with Crippen LogP contribution in [0.4, 0.5) is 10.1 Å². The first-order valence-electron chi connectivity index (χ1n) is 11.5. The first-order valence-corrected chi connectivity index (χ1v) is 11.5. The predicted octanol–water partition coefficient (Wildman–Crippen LogP) is 1.86. The topological polar surface area (TPSA) is 117 Å². The van der Waals surface area contributed by atoms with E-state index in [0.29, 0.717) is 49.4 Å². The van der Waals surface area contributed by atoms with Gasteiger partial charge in [0, 0.05) is 38.6 Å². The van der Waals surface area contributed by atoms with E-state index >= 15 is 0 Å².